The Morgan fingerprint density at radius 1 is 1.15 bits per heavy atom. The van der Waals surface area contributed by atoms with Gasteiger partial charge in [0.15, 0.2) is 0 Å². The van der Waals surface area contributed by atoms with Crippen molar-refractivity contribution in [3.63, 3.8) is 0 Å². The Kier molecular flexibility index (Phi) is 11.4. The number of carbonyl (C=O) groups excluding carboxylic acids is 2. The summed E-state index contributed by atoms with van der Waals surface area (Å²) >= 11 is 6.49. The van der Waals surface area contributed by atoms with E-state index in [1.54, 1.807) is 6.92 Å². The van der Waals surface area contributed by atoms with Crippen LogP contribution in [0.3, 0.4) is 0 Å². The quantitative estimate of drug-likeness (QED) is 0.455. The summed E-state index contributed by atoms with van der Waals surface area (Å²) in [4.78, 5) is 22.7. The van der Waals surface area contributed by atoms with Crippen LogP contribution in [0.2, 0.25) is 0 Å². The summed E-state index contributed by atoms with van der Waals surface area (Å²) < 4.78 is 15.6. The highest BCUT2D eigenvalue weighted by molar-refractivity contribution is 8.68. The van der Waals surface area contributed by atoms with Crippen molar-refractivity contribution in [1.29, 1.82) is 0 Å². The minimum Gasteiger partial charge on any atom is -0.466 e. The molecular weight excluding hydrogens is 321 g/mol. The Labute approximate surface area is 129 Å². The Morgan fingerprint density at radius 2 is 1.75 bits per heavy atom. The summed E-state index contributed by atoms with van der Waals surface area (Å²) in [5.41, 5.74) is -2.44. The zero-order valence-corrected chi connectivity index (χ0v) is 14.6. The van der Waals surface area contributed by atoms with Gasteiger partial charge in [-0.05, 0) is 32.6 Å². The van der Waals surface area contributed by atoms with Gasteiger partial charge in [0, 0.05) is 6.54 Å². The Balaban J connectivity index is 3.96. The predicted molar refractivity (Wildman–Crippen MR) is 84.3 cm³/mol. The Hall–Kier alpha value is -0.140. The number of amides is 1. The van der Waals surface area contributed by atoms with E-state index < -0.39 is 5.69 Å². The lowest BCUT2D eigenvalue weighted by Crippen LogP contribution is -2.28. The van der Waals surface area contributed by atoms with Crippen molar-refractivity contribution in [2.75, 3.05) is 32.1 Å². The third kappa shape index (κ3) is 9.72. The van der Waals surface area contributed by atoms with E-state index in [1.807, 2.05) is 13.8 Å². The van der Waals surface area contributed by atoms with Gasteiger partial charge in [-0.15, -0.1) is 0 Å². The molecule has 9 heteroatoms. The maximum Gasteiger partial charge on any atom is 0.307 e. The first kappa shape index (κ1) is 19.9. The van der Waals surface area contributed by atoms with Gasteiger partial charge in [0.2, 0.25) is 11.6 Å². The molecule has 0 saturated carbocycles. The Morgan fingerprint density at radius 3 is 2.25 bits per heavy atom. The van der Waals surface area contributed by atoms with Crippen molar-refractivity contribution in [3.8, 4) is 0 Å². The lowest BCUT2D eigenvalue weighted by atomic mass is 10.4. The molecule has 1 amide bonds. The fraction of sp³-hybridized carbons (Fsp3) is 0.818. The normalized spacial score (nSPS) is 11.2. The van der Waals surface area contributed by atoms with Gasteiger partial charge in [-0.3, -0.25) is 9.59 Å². The molecule has 20 heavy (non-hydrogen) atoms. The van der Waals surface area contributed by atoms with Crippen LogP contribution in [0.4, 0.5) is 0 Å². The molecule has 0 aromatic carbocycles. The lowest BCUT2D eigenvalue weighted by Gasteiger charge is -2.19. The van der Waals surface area contributed by atoms with Gasteiger partial charge in [-0.25, -0.2) is 0 Å². The van der Waals surface area contributed by atoms with E-state index in [-0.39, 0.29) is 30.6 Å². The van der Waals surface area contributed by atoms with Gasteiger partial charge >= 0.3 is 5.97 Å². The van der Waals surface area contributed by atoms with Crippen molar-refractivity contribution in [2.24, 2.45) is 0 Å². The molecule has 0 aromatic rings. The number of carbonyl (C=O) groups is 2. The molecule has 0 aliphatic carbocycles. The second kappa shape index (κ2) is 11.5. The first-order valence-electron chi connectivity index (χ1n) is 6.43. The van der Waals surface area contributed by atoms with Gasteiger partial charge < -0.3 is 19.1 Å². The SMILES string of the molecule is CCOC(=O)CCNC(=O)CSP(=S)(OCC)OCC. The number of ether oxygens (including phenoxy) is 1. The van der Waals surface area contributed by atoms with Crippen LogP contribution < -0.4 is 5.32 Å². The molecule has 0 unspecified atom stereocenters. The van der Waals surface area contributed by atoms with Crippen LogP contribution in [-0.2, 0) is 35.2 Å². The summed E-state index contributed by atoms with van der Waals surface area (Å²) in [5.74, 6) is -0.373. The number of esters is 1. The van der Waals surface area contributed by atoms with E-state index in [1.165, 1.54) is 11.4 Å². The molecule has 6 nitrogen and oxygen atoms in total. The fourth-order valence-corrected chi connectivity index (χ4v) is 5.40. The molecule has 0 aliphatic heterocycles. The minimum absolute atomic E-state index is 0.153. The average molecular weight is 343 g/mol. The minimum atomic E-state index is -2.44. The second-order valence-electron chi connectivity index (χ2n) is 3.46. The molecule has 0 saturated heterocycles. The summed E-state index contributed by atoms with van der Waals surface area (Å²) in [5, 5.41) is 2.63. The average Bonchev–Trinajstić information content (AvgIpc) is 2.37. The van der Waals surface area contributed by atoms with E-state index in [9.17, 15) is 9.59 Å². The highest BCUT2D eigenvalue weighted by Crippen LogP contribution is 2.60. The summed E-state index contributed by atoms with van der Waals surface area (Å²) in [6.45, 7) is 6.91. The zero-order valence-electron chi connectivity index (χ0n) is 12.0. The maximum atomic E-state index is 11.6. The van der Waals surface area contributed by atoms with Crippen molar-refractivity contribution in [3.05, 3.63) is 0 Å². The van der Waals surface area contributed by atoms with E-state index in [0.717, 1.165) is 0 Å². The standard InChI is InChI=1S/C11H22NO5PS2/c1-4-15-11(14)7-8-12-10(13)9-20-18(19,16-5-2)17-6-3/h4-9H2,1-3H3,(H,12,13). The molecule has 118 valence electrons. The van der Waals surface area contributed by atoms with Gasteiger partial charge in [-0.2, -0.15) is 0 Å². The van der Waals surface area contributed by atoms with Gasteiger partial charge in [-0.1, -0.05) is 11.4 Å². The van der Waals surface area contributed by atoms with E-state index in [2.05, 4.69) is 5.32 Å². The van der Waals surface area contributed by atoms with E-state index in [4.69, 9.17) is 25.6 Å². The maximum absolute atomic E-state index is 11.6. The summed E-state index contributed by atoms with van der Waals surface area (Å²) in [6.07, 6.45) is 0.162. The number of nitrogens with one attached hydrogen (secondary N) is 1. The van der Waals surface area contributed by atoms with E-state index in [0.29, 0.717) is 19.8 Å². The van der Waals surface area contributed by atoms with Crippen LogP contribution in [0.1, 0.15) is 27.2 Å². The first-order chi connectivity index (χ1) is 9.47. The van der Waals surface area contributed by atoms with Crippen molar-refractivity contribution in [1.82, 2.24) is 5.32 Å². The van der Waals surface area contributed by atoms with Crippen molar-refractivity contribution < 1.29 is 23.4 Å². The molecule has 0 aliphatic rings. The molecule has 0 rings (SSSR count). The van der Waals surface area contributed by atoms with Crippen LogP contribution in [0, 0.1) is 0 Å². The molecular formula is C11H22NO5PS2. The Bertz CT molecular complexity index is 344. The van der Waals surface area contributed by atoms with Crippen LogP contribution in [0.15, 0.2) is 0 Å². The number of hydrogen-bond donors (Lipinski definition) is 1. The molecule has 0 radical (unpaired) electrons. The molecule has 0 spiro atoms. The van der Waals surface area contributed by atoms with Crippen LogP contribution in [0.5, 0.6) is 0 Å². The topological polar surface area (TPSA) is 73.9 Å². The van der Waals surface area contributed by atoms with Crippen LogP contribution >= 0.6 is 17.1 Å². The highest BCUT2D eigenvalue weighted by Gasteiger charge is 2.20. The van der Waals surface area contributed by atoms with Gasteiger partial charge in [0.05, 0.1) is 32.0 Å². The first-order valence-corrected chi connectivity index (χ1v) is 10.7. The predicted octanol–water partition coefficient (Wildman–Crippen LogP) is 2.09. The largest absolute Gasteiger partial charge is 0.466 e. The summed E-state index contributed by atoms with van der Waals surface area (Å²) in [7, 11) is 0. The van der Waals surface area contributed by atoms with Gasteiger partial charge in [0.1, 0.15) is 0 Å². The van der Waals surface area contributed by atoms with E-state index >= 15 is 0 Å². The molecule has 0 fully saturated rings. The monoisotopic (exact) mass is 343 g/mol. The molecule has 0 heterocycles. The molecule has 1 N–H and O–H groups in total. The molecule has 0 aromatic heterocycles. The molecule has 0 bridgehead atoms. The van der Waals surface area contributed by atoms with Crippen molar-refractivity contribution in [2.45, 2.75) is 27.2 Å². The second-order valence-corrected chi connectivity index (χ2v) is 9.77. The third-order valence-corrected chi connectivity index (χ3v) is 7.29. The van der Waals surface area contributed by atoms with Gasteiger partial charge in [0.25, 0.3) is 0 Å². The lowest BCUT2D eigenvalue weighted by molar-refractivity contribution is -0.143. The van der Waals surface area contributed by atoms with Crippen LogP contribution in [0.25, 0.3) is 0 Å². The molecule has 0 atom stereocenters. The third-order valence-electron chi connectivity index (χ3n) is 1.88. The number of rotatable bonds is 11. The highest BCUT2D eigenvalue weighted by atomic mass is 32.9. The zero-order chi connectivity index (χ0) is 15.4. The fourth-order valence-electron chi connectivity index (χ4n) is 1.15. The van der Waals surface area contributed by atoms with Crippen LogP contribution in [-0.4, -0.2) is 44.0 Å². The number of hydrogen-bond acceptors (Lipinski definition) is 7. The van der Waals surface area contributed by atoms with Crippen molar-refractivity contribution >= 4 is 40.8 Å². The smallest absolute Gasteiger partial charge is 0.307 e. The summed E-state index contributed by atoms with van der Waals surface area (Å²) in [6, 6.07) is 0.